The highest BCUT2D eigenvalue weighted by Crippen LogP contribution is 2.54. The Hall–Kier alpha value is -3.67. The average molecular weight is 561 g/mol. The molecule has 6 nitrogen and oxygen atoms in total. The van der Waals surface area contributed by atoms with Gasteiger partial charge in [-0.3, -0.25) is 14.4 Å². The Labute approximate surface area is 244 Å². The van der Waals surface area contributed by atoms with Crippen LogP contribution in [-0.4, -0.2) is 33.9 Å². The Morgan fingerprint density at radius 1 is 1.05 bits per heavy atom. The number of carboxylic acid groups (broad SMARTS) is 1. The molecule has 0 radical (unpaired) electrons. The van der Waals surface area contributed by atoms with Crippen LogP contribution in [0.15, 0.2) is 88.4 Å². The van der Waals surface area contributed by atoms with Crippen molar-refractivity contribution in [3.05, 3.63) is 94.0 Å². The molecule has 0 aromatic heterocycles. The summed E-state index contributed by atoms with van der Waals surface area (Å²) in [5, 5.41) is 21.7. The van der Waals surface area contributed by atoms with E-state index in [1.165, 1.54) is 0 Å². The van der Waals surface area contributed by atoms with Crippen LogP contribution in [0.1, 0.15) is 85.6 Å². The zero-order chi connectivity index (χ0) is 30.6. The Morgan fingerprint density at radius 3 is 2.20 bits per heavy atom. The molecule has 2 aliphatic rings. The van der Waals surface area contributed by atoms with E-state index in [1.54, 1.807) is 44.2 Å². The van der Waals surface area contributed by atoms with Crippen LogP contribution in [-0.2, 0) is 19.1 Å². The van der Waals surface area contributed by atoms with Gasteiger partial charge >= 0.3 is 5.97 Å². The van der Waals surface area contributed by atoms with Crippen LogP contribution >= 0.6 is 0 Å². The topological polar surface area (TPSA) is 101 Å². The van der Waals surface area contributed by atoms with Gasteiger partial charge in [-0.2, -0.15) is 0 Å². The van der Waals surface area contributed by atoms with Crippen molar-refractivity contribution in [2.75, 3.05) is 0 Å². The lowest BCUT2D eigenvalue weighted by atomic mass is 9.61. The molecule has 0 saturated heterocycles. The standard InChI is InChI=1S/C35H44O6/c1-20(2)14-15-26(22(5)6)19-35(17-16-21(3)4)33(40)29(27(18-28(36)37)25-12-10-9-11-13-25)32(39)30-31(38)23(7)24(8)41-34(30)35/h9-14,16,23-24,26-27,39H,5,15,17-19H2,1-4,6-8H3,(H,36,37). The van der Waals surface area contributed by atoms with Crippen molar-refractivity contribution in [1.29, 1.82) is 0 Å². The molecule has 5 unspecified atom stereocenters. The molecule has 0 spiro atoms. The summed E-state index contributed by atoms with van der Waals surface area (Å²) in [4.78, 5) is 41.0. The summed E-state index contributed by atoms with van der Waals surface area (Å²) in [6.07, 6.45) is 4.34. The Bertz CT molecular complexity index is 1330. The molecule has 3 rings (SSSR count). The van der Waals surface area contributed by atoms with Crippen LogP contribution in [0.4, 0.5) is 0 Å². The highest BCUT2D eigenvalue weighted by Gasteiger charge is 2.56. The Morgan fingerprint density at radius 2 is 1.66 bits per heavy atom. The van der Waals surface area contributed by atoms with E-state index in [-0.39, 0.29) is 35.0 Å². The number of aliphatic carboxylic acids is 1. The lowest BCUT2D eigenvalue weighted by Crippen LogP contribution is -2.48. The molecule has 6 heteroatoms. The lowest BCUT2D eigenvalue weighted by molar-refractivity contribution is -0.137. The molecule has 0 saturated carbocycles. The molecule has 1 aliphatic carbocycles. The fourth-order valence-electron chi connectivity index (χ4n) is 5.74. The van der Waals surface area contributed by atoms with Crippen LogP contribution in [0.25, 0.3) is 0 Å². The molecule has 0 fully saturated rings. The molecular formula is C35H44O6. The number of aliphatic hydroxyl groups is 1. The van der Waals surface area contributed by atoms with Crippen molar-refractivity contribution in [2.24, 2.45) is 17.3 Å². The minimum absolute atomic E-state index is 0.00126. The fraction of sp³-hybridized carbons (Fsp3) is 0.457. The number of Topliss-reactive ketones (excluding diaryl/α,β-unsaturated/α-hetero) is 2. The second-order valence-electron chi connectivity index (χ2n) is 12.2. The monoisotopic (exact) mass is 560 g/mol. The van der Waals surface area contributed by atoms with Gasteiger partial charge in [-0.25, -0.2) is 0 Å². The number of benzene rings is 1. The highest BCUT2D eigenvalue weighted by molar-refractivity contribution is 6.13. The first kappa shape index (κ1) is 31.9. The minimum Gasteiger partial charge on any atom is -0.507 e. The smallest absolute Gasteiger partial charge is 0.304 e. The van der Waals surface area contributed by atoms with E-state index in [2.05, 4.69) is 12.7 Å². The highest BCUT2D eigenvalue weighted by atomic mass is 16.5. The SMILES string of the molecule is C=C(C)C(CC=C(C)C)CC1(CC=C(C)C)C(=O)C(C(CC(=O)O)c2ccccc2)=C(O)C2=C1OC(C)C(C)C2=O. The lowest BCUT2D eigenvalue weighted by Gasteiger charge is -2.45. The molecule has 5 atom stereocenters. The number of carbonyl (C=O) groups excluding carboxylic acids is 2. The molecule has 1 heterocycles. The van der Waals surface area contributed by atoms with Crippen molar-refractivity contribution < 1.29 is 29.3 Å². The van der Waals surface area contributed by atoms with Gasteiger partial charge in [0.25, 0.3) is 0 Å². The summed E-state index contributed by atoms with van der Waals surface area (Å²) in [5.41, 5.74) is 2.23. The zero-order valence-electron chi connectivity index (χ0n) is 25.4. The predicted octanol–water partition coefficient (Wildman–Crippen LogP) is 7.80. The van der Waals surface area contributed by atoms with Gasteiger partial charge in [-0.1, -0.05) is 72.7 Å². The van der Waals surface area contributed by atoms with Crippen LogP contribution in [0.3, 0.4) is 0 Å². The van der Waals surface area contributed by atoms with E-state index < -0.39 is 47.3 Å². The first-order valence-corrected chi connectivity index (χ1v) is 14.3. The third-order valence-electron chi connectivity index (χ3n) is 8.39. The summed E-state index contributed by atoms with van der Waals surface area (Å²) in [5.74, 6) is -3.72. The van der Waals surface area contributed by atoms with E-state index in [4.69, 9.17) is 4.74 Å². The number of aliphatic hydroxyl groups excluding tert-OH is 1. The third kappa shape index (κ3) is 6.64. The zero-order valence-corrected chi connectivity index (χ0v) is 25.4. The van der Waals surface area contributed by atoms with E-state index in [0.29, 0.717) is 18.4 Å². The molecule has 41 heavy (non-hydrogen) atoms. The summed E-state index contributed by atoms with van der Waals surface area (Å²) in [6.45, 7) is 17.6. The van der Waals surface area contributed by atoms with E-state index in [9.17, 15) is 19.8 Å². The molecule has 0 amide bonds. The average Bonchev–Trinajstić information content (AvgIpc) is 2.90. The first-order chi connectivity index (χ1) is 19.2. The maximum absolute atomic E-state index is 15.0. The Balaban J connectivity index is 2.41. The van der Waals surface area contributed by atoms with Crippen molar-refractivity contribution in [3.63, 3.8) is 0 Å². The van der Waals surface area contributed by atoms with Crippen molar-refractivity contribution in [1.82, 2.24) is 0 Å². The molecule has 1 aromatic carbocycles. The van der Waals surface area contributed by atoms with E-state index in [0.717, 1.165) is 16.7 Å². The van der Waals surface area contributed by atoms with Crippen molar-refractivity contribution >= 4 is 17.5 Å². The first-order valence-electron chi connectivity index (χ1n) is 14.3. The van der Waals surface area contributed by atoms with Gasteiger partial charge in [0.1, 0.15) is 17.6 Å². The molecule has 1 aromatic rings. The molecule has 0 bridgehead atoms. The van der Waals surface area contributed by atoms with Gasteiger partial charge in [-0.05, 0) is 72.3 Å². The quantitative estimate of drug-likeness (QED) is 0.268. The second kappa shape index (κ2) is 12.9. The molecular weight excluding hydrogens is 516 g/mol. The number of ketones is 2. The Kier molecular flexibility index (Phi) is 10.0. The van der Waals surface area contributed by atoms with Crippen molar-refractivity contribution in [2.45, 2.75) is 86.2 Å². The number of allylic oxidation sites excluding steroid dienone is 8. The summed E-state index contributed by atoms with van der Waals surface area (Å²) in [6, 6.07) is 8.84. The van der Waals surface area contributed by atoms with Gasteiger partial charge in [0, 0.05) is 11.5 Å². The van der Waals surface area contributed by atoms with Crippen molar-refractivity contribution in [3.8, 4) is 0 Å². The number of ether oxygens (including phenoxy) is 1. The maximum Gasteiger partial charge on any atom is 0.304 e. The van der Waals surface area contributed by atoms with Crippen LogP contribution in [0.2, 0.25) is 0 Å². The molecule has 2 N–H and O–H groups in total. The second-order valence-corrected chi connectivity index (χ2v) is 12.2. The summed E-state index contributed by atoms with van der Waals surface area (Å²) < 4.78 is 6.44. The van der Waals surface area contributed by atoms with Gasteiger partial charge in [0.15, 0.2) is 11.6 Å². The minimum atomic E-state index is -1.33. The van der Waals surface area contributed by atoms with Crippen LogP contribution in [0.5, 0.6) is 0 Å². The summed E-state index contributed by atoms with van der Waals surface area (Å²) in [7, 11) is 0. The molecule has 1 aliphatic heterocycles. The number of hydrogen-bond acceptors (Lipinski definition) is 5. The fourth-order valence-corrected chi connectivity index (χ4v) is 5.74. The van der Waals surface area contributed by atoms with Gasteiger partial charge < -0.3 is 14.9 Å². The largest absolute Gasteiger partial charge is 0.507 e. The number of carboxylic acids is 1. The predicted molar refractivity (Wildman–Crippen MR) is 161 cm³/mol. The van der Waals surface area contributed by atoms with Crippen LogP contribution in [0, 0.1) is 17.3 Å². The molecule has 220 valence electrons. The summed E-state index contributed by atoms with van der Waals surface area (Å²) >= 11 is 0. The normalized spacial score (nSPS) is 23.8. The van der Waals surface area contributed by atoms with E-state index >= 15 is 4.79 Å². The van der Waals surface area contributed by atoms with E-state index in [1.807, 2.05) is 40.7 Å². The van der Waals surface area contributed by atoms with Gasteiger partial charge in [0.2, 0.25) is 0 Å². The maximum atomic E-state index is 15.0. The number of rotatable bonds is 11. The van der Waals surface area contributed by atoms with Gasteiger partial charge in [-0.15, -0.1) is 0 Å². The number of hydrogen-bond donors (Lipinski definition) is 2. The van der Waals surface area contributed by atoms with Gasteiger partial charge in [0.05, 0.1) is 23.3 Å². The number of carbonyl (C=O) groups is 3. The van der Waals surface area contributed by atoms with Crippen LogP contribution < -0.4 is 0 Å². The third-order valence-corrected chi connectivity index (χ3v) is 8.39.